The third-order valence-electron chi connectivity index (χ3n) is 4.79. The lowest BCUT2D eigenvalue weighted by Crippen LogP contribution is -2.39. The number of amides is 1. The number of aromatic nitrogens is 3. The van der Waals surface area contributed by atoms with Crippen molar-refractivity contribution < 1.29 is 9.53 Å². The molecule has 1 aromatic carbocycles. The molecule has 0 saturated heterocycles. The highest BCUT2D eigenvalue weighted by atomic mass is 35.5. The molecule has 2 aromatic heterocycles. The zero-order chi connectivity index (χ0) is 18.4. The number of nitrogens with one attached hydrogen (secondary N) is 1. The molecule has 3 heterocycles. The van der Waals surface area contributed by atoms with Gasteiger partial charge in [0.2, 0.25) is 5.82 Å². The van der Waals surface area contributed by atoms with Gasteiger partial charge < -0.3 is 14.6 Å². The van der Waals surface area contributed by atoms with Gasteiger partial charge in [0.25, 0.3) is 5.91 Å². The highest BCUT2D eigenvalue weighted by Crippen LogP contribution is 2.40. The van der Waals surface area contributed by atoms with Gasteiger partial charge in [0.05, 0.1) is 41.1 Å². The number of fused-ring (bicyclic) bond motifs is 3. The molecule has 1 atom stereocenters. The average Bonchev–Trinajstić information content (AvgIpc) is 3.05. The van der Waals surface area contributed by atoms with Crippen LogP contribution in [-0.2, 0) is 6.42 Å². The molecule has 1 aliphatic heterocycles. The molecule has 4 rings (SSSR count). The first-order chi connectivity index (χ1) is 12.5. The first kappa shape index (κ1) is 17.1. The van der Waals surface area contributed by atoms with Crippen LogP contribution in [0.15, 0.2) is 24.5 Å². The Morgan fingerprint density at radius 3 is 2.73 bits per heavy atom. The van der Waals surface area contributed by atoms with E-state index in [9.17, 15) is 4.79 Å². The number of hydrogen-bond donors (Lipinski definition) is 1. The molecule has 0 radical (unpaired) electrons. The number of benzene rings is 1. The first-order valence-corrected chi connectivity index (χ1v) is 8.92. The van der Waals surface area contributed by atoms with E-state index in [4.69, 9.17) is 27.9 Å². The van der Waals surface area contributed by atoms with Gasteiger partial charge in [-0.1, -0.05) is 29.3 Å². The number of carbonyl (C=O) groups excluding carboxylic acids is 1. The van der Waals surface area contributed by atoms with E-state index in [0.717, 1.165) is 22.2 Å². The minimum atomic E-state index is -0.208. The van der Waals surface area contributed by atoms with Crippen molar-refractivity contribution in [3.8, 4) is 5.75 Å². The van der Waals surface area contributed by atoms with E-state index in [-0.39, 0.29) is 17.8 Å². The molecule has 26 heavy (non-hydrogen) atoms. The molecule has 0 spiro atoms. The second kappa shape index (κ2) is 6.45. The second-order valence-corrected chi connectivity index (χ2v) is 6.96. The van der Waals surface area contributed by atoms with E-state index in [1.165, 1.54) is 19.5 Å². The van der Waals surface area contributed by atoms with Crippen LogP contribution in [-0.4, -0.2) is 39.4 Å². The molecule has 6 nitrogen and oxygen atoms in total. The van der Waals surface area contributed by atoms with Crippen LogP contribution in [0, 0.1) is 0 Å². The summed E-state index contributed by atoms with van der Waals surface area (Å²) in [5, 5.41) is 1.99. The average molecular weight is 391 g/mol. The smallest absolute Gasteiger partial charge is 0.292 e. The van der Waals surface area contributed by atoms with Crippen molar-refractivity contribution in [3.63, 3.8) is 0 Å². The molecule has 1 N–H and O–H groups in total. The van der Waals surface area contributed by atoms with Crippen LogP contribution >= 0.6 is 23.2 Å². The fourth-order valence-corrected chi connectivity index (χ4v) is 3.84. The summed E-state index contributed by atoms with van der Waals surface area (Å²) in [6.45, 7) is 2.57. The van der Waals surface area contributed by atoms with Crippen molar-refractivity contribution in [1.29, 1.82) is 0 Å². The number of halogens is 2. The number of hydrogen-bond acceptors (Lipinski definition) is 4. The van der Waals surface area contributed by atoms with E-state index in [1.54, 1.807) is 11.0 Å². The predicted octanol–water partition coefficient (Wildman–Crippen LogP) is 4.03. The molecule has 0 saturated carbocycles. The summed E-state index contributed by atoms with van der Waals surface area (Å²) in [5.74, 6) is 0.459. The van der Waals surface area contributed by atoms with Crippen molar-refractivity contribution in [1.82, 2.24) is 19.9 Å². The maximum atomic E-state index is 12.9. The van der Waals surface area contributed by atoms with E-state index >= 15 is 0 Å². The Kier molecular flexibility index (Phi) is 4.25. The molecule has 3 aromatic rings. The Morgan fingerprint density at radius 2 is 2.04 bits per heavy atom. The van der Waals surface area contributed by atoms with Gasteiger partial charge in [-0.15, -0.1) is 0 Å². The fraction of sp³-hybridized carbons (Fsp3) is 0.278. The fourth-order valence-electron chi connectivity index (χ4n) is 3.47. The number of ether oxygens (including phenoxy) is 1. The standard InChI is InChI=1S/C18H16Cl2N4O2/c1-9-14-11-3-4-12(19)15(20)16(11)23-13(14)5-6-24(9)18(25)17-21-7-10(26-2)8-22-17/h3-4,7-9,23H,5-6H2,1-2H3. The monoisotopic (exact) mass is 390 g/mol. The summed E-state index contributed by atoms with van der Waals surface area (Å²) in [6, 6.07) is 3.58. The number of methoxy groups -OCH3 is 1. The molecular weight excluding hydrogens is 375 g/mol. The minimum Gasteiger partial charge on any atom is -0.494 e. The van der Waals surface area contributed by atoms with Gasteiger partial charge in [-0.2, -0.15) is 0 Å². The highest BCUT2D eigenvalue weighted by Gasteiger charge is 2.32. The maximum Gasteiger partial charge on any atom is 0.292 e. The Balaban J connectivity index is 1.72. The van der Waals surface area contributed by atoms with E-state index in [1.807, 2.05) is 13.0 Å². The van der Waals surface area contributed by atoms with E-state index in [0.29, 0.717) is 28.8 Å². The van der Waals surface area contributed by atoms with Crippen molar-refractivity contribution in [2.24, 2.45) is 0 Å². The number of nitrogens with zero attached hydrogens (tertiary/aromatic N) is 3. The minimum absolute atomic E-state index is 0.136. The molecular formula is C18H16Cl2N4O2. The maximum absolute atomic E-state index is 12.9. The summed E-state index contributed by atoms with van der Waals surface area (Å²) in [7, 11) is 1.53. The Labute approximate surface area is 160 Å². The summed E-state index contributed by atoms with van der Waals surface area (Å²) in [6.07, 6.45) is 3.69. The molecule has 1 aliphatic rings. The summed E-state index contributed by atoms with van der Waals surface area (Å²) in [5.41, 5.74) is 2.95. The SMILES string of the molecule is COc1cnc(C(=O)N2CCc3[nH]c4c(Cl)c(Cl)ccc4c3C2C)nc1. The predicted molar refractivity (Wildman–Crippen MR) is 100 cm³/mol. The molecule has 1 amide bonds. The number of aromatic amines is 1. The van der Waals surface area contributed by atoms with Gasteiger partial charge in [-0.05, 0) is 13.0 Å². The largest absolute Gasteiger partial charge is 0.494 e. The third kappa shape index (κ3) is 2.61. The van der Waals surface area contributed by atoms with Crippen LogP contribution in [0.1, 0.15) is 34.8 Å². The van der Waals surface area contributed by atoms with Crippen LogP contribution in [0.4, 0.5) is 0 Å². The summed E-state index contributed by atoms with van der Waals surface area (Å²) >= 11 is 12.5. The summed E-state index contributed by atoms with van der Waals surface area (Å²) < 4.78 is 5.04. The zero-order valence-electron chi connectivity index (χ0n) is 14.2. The van der Waals surface area contributed by atoms with Crippen molar-refractivity contribution >= 4 is 40.0 Å². The third-order valence-corrected chi connectivity index (χ3v) is 5.59. The van der Waals surface area contributed by atoms with Crippen molar-refractivity contribution in [2.45, 2.75) is 19.4 Å². The second-order valence-electron chi connectivity index (χ2n) is 6.17. The number of carbonyl (C=O) groups is 1. The van der Waals surface area contributed by atoms with Gasteiger partial charge in [-0.25, -0.2) is 9.97 Å². The van der Waals surface area contributed by atoms with Crippen LogP contribution in [0.2, 0.25) is 10.0 Å². The highest BCUT2D eigenvalue weighted by molar-refractivity contribution is 6.45. The lowest BCUT2D eigenvalue weighted by molar-refractivity contribution is 0.0665. The van der Waals surface area contributed by atoms with E-state index in [2.05, 4.69) is 15.0 Å². The lowest BCUT2D eigenvalue weighted by atomic mass is 9.97. The Morgan fingerprint density at radius 1 is 1.31 bits per heavy atom. The molecule has 1 unspecified atom stereocenters. The quantitative estimate of drug-likeness (QED) is 0.716. The van der Waals surface area contributed by atoms with Gasteiger partial charge in [0.1, 0.15) is 0 Å². The van der Waals surface area contributed by atoms with Gasteiger partial charge in [0.15, 0.2) is 5.75 Å². The normalized spacial score (nSPS) is 16.6. The van der Waals surface area contributed by atoms with Crippen molar-refractivity contribution in [3.05, 3.63) is 51.7 Å². The molecule has 0 bridgehead atoms. The molecule has 0 fully saturated rings. The zero-order valence-corrected chi connectivity index (χ0v) is 15.7. The van der Waals surface area contributed by atoms with Crippen molar-refractivity contribution in [2.75, 3.05) is 13.7 Å². The molecule has 8 heteroatoms. The van der Waals surface area contributed by atoms with Gasteiger partial charge in [0, 0.05) is 29.6 Å². The molecule has 0 aliphatic carbocycles. The van der Waals surface area contributed by atoms with E-state index < -0.39 is 0 Å². The van der Waals surface area contributed by atoms with Crippen LogP contribution in [0.25, 0.3) is 10.9 Å². The summed E-state index contributed by atoms with van der Waals surface area (Å²) in [4.78, 5) is 26.3. The first-order valence-electron chi connectivity index (χ1n) is 8.16. The Bertz CT molecular complexity index is 1000. The number of H-pyrrole nitrogens is 1. The van der Waals surface area contributed by atoms with Crippen LogP contribution < -0.4 is 4.74 Å². The van der Waals surface area contributed by atoms with Crippen LogP contribution in [0.5, 0.6) is 5.75 Å². The topological polar surface area (TPSA) is 71.1 Å². The van der Waals surface area contributed by atoms with Gasteiger partial charge >= 0.3 is 0 Å². The lowest BCUT2D eigenvalue weighted by Gasteiger charge is -2.33. The molecule has 134 valence electrons. The Hall–Kier alpha value is -2.31. The van der Waals surface area contributed by atoms with Crippen LogP contribution in [0.3, 0.4) is 0 Å². The number of rotatable bonds is 2. The van der Waals surface area contributed by atoms with Gasteiger partial charge in [-0.3, -0.25) is 4.79 Å².